The van der Waals surface area contributed by atoms with Gasteiger partial charge in [-0.25, -0.2) is 5.48 Å². The number of hydroxylamine groups is 1. The van der Waals surface area contributed by atoms with Gasteiger partial charge in [0.15, 0.2) is 0 Å². The van der Waals surface area contributed by atoms with Crippen LogP contribution in [0.5, 0.6) is 0 Å². The van der Waals surface area contributed by atoms with E-state index in [2.05, 4.69) is 10.3 Å². The van der Waals surface area contributed by atoms with Crippen molar-refractivity contribution in [1.29, 1.82) is 0 Å². The highest BCUT2D eigenvalue weighted by atomic mass is 35.5. The molecule has 0 atom stereocenters. The lowest BCUT2D eigenvalue weighted by molar-refractivity contribution is 0.108. The molecule has 1 N–H and O–H groups in total. The van der Waals surface area contributed by atoms with Crippen molar-refractivity contribution in [3.05, 3.63) is 33.8 Å². The molecule has 0 fully saturated rings. The molecule has 0 radical (unpaired) electrons. The summed E-state index contributed by atoms with van der Waals surface area (Å²) in [6.45, 7) is 0. The first-order chi connectivity index (χ1) is 7.04. The second-order valence-corrected chi connectivity index (χ2v) is 3.41. The summed E-state index contributed by atoms with van der Waals surface area (Å²) in [7, 11) is 3.28. The molecular weight excluding hydrogens is 296 g/mol. The van der Waals surface area contributed by atoms with Crippen molar-refractivity contribution < 1.29 is 9.63 Å². The first kappa shape index (κ1) is 18.3. The summed E-state index contributed by atoms with van der Waals surface area (Å²) in [4.78, 5) is 14.9. The van der Waals surface area contributed by atoms with Crippen LogP contribution in [-0.4, -0.2) is 19.4 Å². The van der Waals surface area contributed by atoms with E-state index in [1.54, 1.807) is 26.3 Å². The summed E-state index contributed by atoms with van der Waals surface area (Å²) in [6.07, 6.45) is 0. The van der Waals surface area contributed by atoms with Gasteiger partial charge in [0.2, 0.25) is 0 Å². The van der Waals surface area contributed by atoms with E-state index < -0.39 is 5.24 Å². The number of carbonyl (C=O) groups excluding carboxylic acids is 1. The molecule has 0 saturated carbocycles. The summed E-state index contributed by atoms with van der Waals surface area (Å²) in [6, 6.07) is 4.72. The van der Waals surface area contributed by atoms with Crippen molar-refractivity contribution in [2.45, 2.75) is 0 Å². The minimum absolute atomic E-state index is 0. The fourth-order valence-electron chi connectivity index (χ4n) is 0.656. The van der Waals surface area contributed by atoms with E-state index in [4.69, 9.17) is 34.8 Å². The highest BCUT2D eigenvalue weighted by molar-refractivity contribution is 6.69. The van der Waals surface area contributed by atoms with Gasteiger partial charge >= 0.3 is 0 Å². The maximum atomic E-state index is 10.6. The molecule has 3 nitrogen and oxygen atoms in total. The van der Waals surface area contributed by atoms with Crippen LogP contribution >= 0.6 is 47.2 Å². The third-order valence-electron chi connectivity index (χ3n) is 1.37. The Labute approximate surface area is 115 Å². The molecule has 1 rings (SSSR count). The smallest absolute Gasteiger partial charge is 0.253 e. The Morgan fingerprint density at radius 2 is 1.88 bits per heavy atom. The lowest BCUT2D eigenvalue weighted by atomic mass is 10.2. The van der Waals surface area contributed by atoms with E-state index in [-0.39, 0.29) is 23.0 Å². The number of benzene rings is 1. The first-order valence-corrected chi connectivity index (χ1v) is 5.01. The molecule has 0 unspecified atom stereocenters. The lowest BCUT2D eigenvalue weighted by Crippen LogP contribution is -2.00. The van der Waals surface area contributed by atoms with Crippen LogP contribution in [0.15, 0.2) is 18.2 Å². The highest BCUT2D eigenvalue weighted by Crippen LogP contribution is 2.26. The normalized spacial score (nSPS) is 8.56. The van der Waals surface area contributed by atoms with Gasteiger partial charge in [0.1, 0.15) is 0 Å². The molecule has 0 aliphatic heterocycles. The van der Waals surface area contributed by atoms with Gasteiger partial charge in [-0.2, -0.15) is 0 Å². The van der Waals surface area contributed by atoms with Crippen LogP contribution in [0.4, 0.5) is 0 Å². The quantitative estimate of drug-likeness (QED) is 0.670. The number of nitrogens with one attached hydrogen (secondary N) is 1. The van der Waals surface area contributed by atoms with E-state index in [0.29, 0.717) is 5.02 Å². The van der Waals surface area contributed by atoms with Gasteiger partial charge in [0.25, 0.3) is 5.24 Å². The van der Waals surface area contributed by atoms with Crippen LogP contribution in [0, 0.1) is 0 Å². The molecule has 0 aromatic heterocycles. The zero-order chi connectivity index (χ0) is 11.8. The predicted octanol–water partition coefficient (Wildman–Crippen LogP) is 3.56. The van der Waals surface area contributed by atoms with Crippen molar-refractivity contribution in [1.82, 2.24) is 5.48 Å². The molecule has 0 aliphatic rings. The highest BCUT2D eigenvalue weighted by Gasteiger charge is 2.08. The fraction of sp³-hybridized carbons (Fsp3) is 0.222. The zero-order valence-corrected chi connectivity index (χ0v) is 11.7. The number of carbonyl (C=O) groups is 1. The average molecular weight is 307 g/mol. The minimum Gasteiger partial charge on any atom is -0.305 e. The van der Waals surface area contributed by atoms with Gasteiger partial charge < -0.3 is 4.84 Å². The second kappa shape index (κ2) is 10.1. The van der Waals surface area contributed by atoms with Gasteiger partial charge in [0, 0.05) is 7.05 Å². The Balaban J connectivity index is 0. The van der Waals surface area contributed by atoms with Gasteiger partial charge in [-0.3, -0.25) is 4.79 Å². The molecule has 92 valence electrons. The van der Waals surface area contributed by atoms with Crippen LogP contribution in [-0.2, 0) is 4.84 Å². The molecule has 7 heteroatoms. The van der Waals surface area contributed by atoms with Gasteiger partial charge in [0.05, 0.1) is 22.7 Å². The molecule has 16 heavy (non-hydrogen) atoms. The molecule has 0 heterocycles. The zero-order valence-electron chi connectivity index (χ0n) is 8.59. The molecule has 1 aromatic rings. The van der Waals surface area contributed by atoms with Gasteiger partial charge in [-0.1, -0.05) is 29.3 Å². The average Bonchev–Trinajstić information content (AvgIpc) is 2.22. The van der Waals surface area contributed by atoms with Crippen molar-refractivity contribution in [3.8, 4) is 0 Å². The Morgan fingerprint density at radius 3 is 2.19 bits per heavy atom. The van der Waals surface area contributed by atoms with Crippen LogP contribution in [0.1, 0.15) is 10.4 Å². The molecule has 1 aromatic carbocycles. The maximum Gasteiger partial charge on any atom is 0.253 e. The maximum absolute atomic E-state index is 10.6. The fourth-order valence-corrected chi connectivity index (χ4v) is 1.25. The van der Waals surface area contributed by atoms with Crippen LogP contribution in [0.2, 0.25) is 10.0 Å². The van der Waals surface area contributed by atoms with Crippen molar-refractivity contribution >= 4 is 52.5 Å². The van der Waals surface area contributed by atoms with E-state index in [1.807, 2.05) is 0 Å². The Hall–Kier alpha value is -0.0300. The predicted molar refractivity (Wildman–Crippen MR) is 70.0 cm³/mol. The Kier molecular flexibility index (Phi) is 11.6. The van der Waals surface area contributed by atoms with Crippen molar-refractivity contribution in [2.75, 3.05) is 14.2 Å². The summed E-state index contributed by atoms with van der Waals surface area (Å²) < 4.78 is 0. The molecular formula is C9H11Cl4NO2. The topological polar surface area (TPSA) is 38.3 Å². The minimum atomic E-state index is -0.600. The first-order valence-electron chi connectivity index (χ1n) is 3.88. The summed E-state index contributed by atoms with van der Waals surface area (Å²) in [5, 5.41) is -0.0650. The van der Waals surface area contributed by atoms with Gasteiger partial charge in [-0.05, 0) is 23.7 Å². The SMILES string of the molecule is CNOC.Cl.O=C(Cl)c1cccc(Cl)c1Cl. The van der Waals surface area contributed by atoms with E-state index >= 15 is 0 Å². The number of halogens is 4. The Bertz CT molecular complexity index is 331. The molecule has 0 aliphatic carbocycles. The number of rotatable bonds is 2. The van der Waals surface area contributed by atoms with E-state index in [0.717, 1.165) is 0 Å². The largest absolute Gasteiger partial charge is 0.305 e. The molecule has 0 amide bonds. The van der Waals surface area contributed by atoms with Crippen LogP contribution in [0.25, 0.3) is 0 Å². The van der Waals surface area contributed by atoms with Crippen molar-refractivity contribution in [3.63, 3.8) is 0 Å². The van der Waals surface area contributed by atoms with E-state index in [1.165, 1.54) is 6.07 Å². The third kappa shape index (κ3) is 6.53. The second-order valence-electron chi connectivity index (χ2n) is 2.28. The monoisotopic (exact) mass is 305 g/mol. The number of hydrogen-bond acceptors (Lipinski definition) is 3. The molecule has 0 bridgehead atoms. The van der Waals surface area contributed by atoms with Gasteiger partial charge in [-0.15, -0.1) is 12.4 Å². The third-order valence-corrected chi connectivity index (χ3v) is 2.39. The Morgan fingerprint density at radius 1 is 1.38 bits per heavy atom. The molecule has 0 saturated heterocycles. The summed E-state index contributed by atoms with van der Waals surface area (Å²) in [5.74, 6) is 0. The number of hydrogen-bond donors (Lipinski definition) is 1. The van der Waals surface area contributed by atoms with Crippen LogP contribution in [0.3, 0.4) is 0 Å². The molecule has 0 spiro atoms. The standard InChI is InChI=1S/C7H3Cl3O.C2H7NO.ClH/c8-5-3-1-2-4(6(5)9)7(10)11;1-3-4-2;/h1-3H;3H,1-2H3;1H. The lowest BCUT2D eigenvalue weighted by Gasteiger charge is -1.98. The summed E-state index contributed by atoms with van der Waals surface area (Å²) >= 11 is 16.5. The van der Waals surface area contributed by atoms with E-state index in [9.17, 15) is 4.79 Å². The van der Waals surface area contributed by atoms with Crippen molar-refractivity contribution in [2.24, 2.45) is 0 Å². The summed E-state index contributed by atoms with van der Waals surface area (Å²) in [5.41, 5.74) is 2.67. The van der Waals surface area contributed by atoms with Crippen LogP contribution < -0.4 is 5.48 Å².